The number of benzene rings is 1. The lowest BCUT2D eigenvalue weighted by molar-refractivity contribution is 0.402. The zero-order chi connectivity index (χ0) is 18.7. The van der Waals surface area contributed by atoms with E-state index in [2.05, 4.69) is 55.7 Å². The topological polar surface area (TPSA) is 88.1 Å². The summed E-state index contributed by atoms with van der Waals surface area (Å²) in [6.07, 6.45) is 5.67. The third-order valence-electron chi connectivity index (χ3n) is 5.42. The van der Waals surface area contributed by atoms with E-state index in [-0.39, 0.29) is 17.5 Å². The van der Waals surface area contributed by atoms with Gasteiger partial charge >= 0.3 is 0 Å². The van der Waals surface area contributed by atoms with Gasteiger partial charge in [-0.3, -0.25) is 0 Å². The molecule has 3 heterocycles. The summed E-state index contributed by atoms with van der Waals surface area (Å²) >= 11 is 0. The van der Waals surface area contributed by atoms with Crippen LogP contribution in [0, 0.1) is 5.92 Å². The second kappa shape index (κ2) is 7.80. The highest BCUT2D eigenvalue weighted by Crippen LogP contribution is 2.25. The maximum Gasteiger partial charge on any atom is 0.244 e. The monoisotopic (exact) mass is 387 g/mol. The van der Waals surface area contributed by atoms with Gasteiger partial charge in [-0.1, -0.05) is 30.3 Å². The van der Waals surface area contributed by atoms with Gasteiger partial charge in [-0.2, -0.15) is 10.1 Å². The second-order valence-corrected chi connectivity index (χ2v) is 9.73. The average molecular weight is 388 g/mol. The van der Waals surface area contributed by atoms with Crippen LogP contribution in [0.15, 0.2) is 36.5 Å². The summed E-state index contributed by atoms with van der Waals surface area (Å²) in [6, 6.07) is 10.5. The maximum atomic E-state index is 11.6. The van der Waals surface area contributed by atoms with Crippen molar-refractivity contribution in [1.82, 2.24) is 15.2 Å². The minimum Gasteiger partial charge on any atom is -0.355 e. The summed E-state index contributed by atoms with van der Waals surface area (Å²) in [5.74, 6) is 2.30. The number of nitrogens with one attached hydrogen (secondary N) is 1. The molecule has 0 aliphatic carbocycles. The predicted octanol–water partition coefficient (Wildman–Crippen LogP) is 1.93. The van der Waals surface area contributed by atoms with Gasteiger partial charge in [-0.25, -0.2) is 8.42 Å². The molecule has 7 nitrogen and oxygen atoms in total. The lowest BCUT2D eigenvalue weighted by Gasteiger charge is -2.32. The normalized spacial score (nSPS) is 22.7. The van der Waals surface area contributed by atoms with E-state index in [0.717, 1.165) is 38.2 Å². The number of rotatable bonds is 5. The van der Waals surface area contributed by atoms with E-state index in [0.29, 0.717) is 18.3 Å². The first-order valence-electron chi connectivity index (χ1n) is 9.53. The Bertz CT molecular complexity index is 867. The van der Waals surface area contributed by atoms with Gasteiger partial charge in [0.05, 0.1) is 17.7 Å². The number of anilines is 2. The molecule has 0 amide bonds. The van der Waals surface area contributed by atoms with Crippen molar-refractivity contribution in [3.8, 4) is 0 Å². The van der Waals surface area contributed by atoms with Crippen molar-refractivity contribution in [2.24, 2.45) is 5.92 Å². The molecule has 0 saturated carbocycles. The molecule has 2 aliphatic rings. The van der Waals surface area contributed by atoms with Gasteiger partial charge in [0.1, 0.15) is 0 Å². The van der Waals surface area contributed by atoms with Crippen LogP contribution < -0.4 is 10.2 Å². The molecule has 1 unspecified atom stereocenters. The van der Waals surface area contributed by atoms with Crippen molar-refractivity contribution < 1.29 is 8.42 Å². The molecule has 1 aromatic heterocycles. The van der Waals surface area contributed by atoms with Crippen LogP contribution in [0.4, 0.5) is 11.8 Å². The molecule has 1 atom stereocenters. The molecule has 2 aromatic rings. The van der Waals surface area contributed by atoms with Crippen molar-refractivity contribution in [3.05, 3.63) is 42.1 Å². The molecule has 0 radical (unpaired) electrons. The average Bonchev–Trinajstić information content (AvgIpc) is 3.02. The summed E-state index contributed by atoms with van der Waals surface area (Å²) in [5.41, 5.74) is 1.40. The summed E-state index contributed by atoms with van der Waals surface area (Å²) in [6.45, 7) is 1.90. The fourth-order valence-electron chi connectivity index (χ4n) is 3.91. The smallest absolute Gasteiger partial charge is 0.244 e. The number of sulfone groups is 1. The number of aromatic nitrogens is 3. The van der Waals surface area contributed by atoms with Crippen molar-refractivity contribution in [1.29, 1.82) is 0 Å². The van der Waals surface area contributed by atoms with E-state index in [1.165, 1.54) is 5.56 Å². The SMILES string of the molecule is O=S1(=O)CCC(Nc2nncc(N3CCC(Cc4ccccc4)CC3)n2)C1. The Hall–Kier alpha value is -2.22. The zero-order valence-corrected chi connectivity index (χ0v) is 16.1. The first-order valence-corrected chi connectivity index (χ1v) is 11.3. The predicted molar refractivity (Wildman–Crippen MR) is 106 cm³/mol. The van der Waals surface area contributed by atoms with Gasteiger partial charge in [-0.05, 0) is 37.2 Å². The van der Waals surface area contributed by atoms with Gasteiger partial charge in [0, 0.05) is 19.1 Å². The molecule has 2 saturated heterocycles. The molecule has 1 N–H and O–H groups in total. The van der Waals surface area contributed by atoms with E-state index in [4.69, 9.17) is 0 Å². The van der Waals surface area contributed by atoms with Crippen LogP contribution in [-0.4, -0.2) is 54.2 Å². The molecule has 8 heteroatoms. The van der Waals surface area contributed by atoms with Crippen LogP contribution in [-0.2, 0) is 16.3 Å². The third-order valence-corrected chi connectivity index (χ3v) is 7.19. The van der Waals surface area contributed by atoms with Crippen LogP contribution in [0.3, 0.4) is 0 Å². The highest BCUT2D eigenvalue weighted by atomic mass is 32.2. The molecule has 0 bridgehead atoms. The minimum atomic E-state index is -2.93. The lowest BCUT2D eigenvalue weighted by Crippen LogP contribution is -2.35. The fraction of sp³-hybridized carbons (Fsp3) is 0.526. The Balaban J connectivity index is 1.33. The molecular weight excluding hydrogens is 362 g/mol. The van der Waals surface area contributed by atoms with Gasteiger partial charge in [0.2, 0.25) is 5.95 Å². The highest BCUT2D eigenvalue weighted by Gasteiger charge is 2.28. The van der Waals surface area contributed by atoms with E-state index < -0.39 is 9.84 Å². The molecular formula is C19H25N5O2S. The Labute approximate surface area is 160 Å². The van der Waals surface area contributed by atoms with Crippen molar-refractivity contribution >= 4 is 21.6 Å². The van der Waals surface area contributed by atoms with E-state index in [1.807, 2.05) is 0 Å². The Kier molecular flexibility index (Phi) is 5.24. The molecule has 1 aromatic carbocycles. The molecule has 4 rings (SSSR count). The number of hydrogen-bond acceptors (Lipinski definition) is 7. The summed E-state index contributed by atoms with van der Waals surface area (Å²) < 4.78 is 23.2. The van der Waals surface area contributed by atoms with Crippen LogP contribution in [0.1, 0.15) is 24.8 Å². The van der Waals surface area contributed by atoms with E-state index in [1.54, 1.807) is 6.20 Å². The fourth-order valence-corrected chi connectivity index (χ4v) is 5.59. The van der Waals surface area contributed by atoms with Crippen LogP contribution in [0.5, 0.6) is 0 Å². The Morgan fingerprint density at radius 3 is 2.59 bits per heavy atom. The maximum absolute atomic E-state index is 11.6. The van der Waals surface area contributed by atoms with Gasteiger partial charge in [-0.15, -0.1) is 5.10 Å². The molecule has 27 heavy (non-hydrogen) atoms. The first-order chi connectivity index (χ1) is 13.1. The molecule has 144 valence electrons. The second-order valence-electron chi connectivity index (χ2n) is 7.50. The van der Waals surface area contributed by atoms with Crippen molar-refractivity contribution in [2.75, 3.05) is 34.8 Å². The standard InChI is InChI=1S/C19H25N5O2S/c25-27(26)11-8-17(14-27)21-19-22-18(13-20-23-19)24-9-6-16(7-10-24)12-15-4-2-1-3-5-15/h1-5,13,16-17H,6-12,14H2,(H,21,22,23). The van der Waals surface area contributed by atoms with Gasteiger partial charge in [0.25, 0.3) is 0 Å². The van der Waals surface area contributed by atoms with Gasteiger partial charge in [0.15, 0.2) is 15.7 Å². The first kappa shape index (κ1) is 18.2. The number of piperidine rings is 1. The molecule has 2 fully saturated rings. The van der Waals surface area contributed by atoms with Crippen molar-refractivity contribution in [3.63, 3.8) is 0 Å². The minimum absolute atomic E-state index is 0.122. The van der Waals surface area contributed by atoms with Crippen molar-refractivity contribution in [2.45, 2.75) is 31.7 Å². The van der Waals surface area contributed by atoms with E-state index >= 15 is 0 Å². The van der Waals surface area contributed by atoms with E-state index in [9.17, 15) is 8.42 Å². The Morgan fingerprint density at radius 1 is 1.11 bits per heavy atom. The van der Waals surface area contributed by atoms with Crippen LogP contribution in [0.25, 0.3) is 0 Å². The largest absolute Gasteiger partial charge is 0.355 e. The number of hydrogen-bond donors (Lipinski definition) is 1. The number of nitrogens with zero attached hydrogens (tertiary/aromatic N) is 4. The van der Waals surface area contributed by atoms with Gasteiger partial charge < -0.3 is 10.2 Å². The molecule has 2 aliphatic heterocycles. The summed E-state index contributed by atoms with van der Waals surface area (Å²) in [5, 5.41) is 11.2. The third kappa shape index (κ3) is 4.74. The quantitative estimate of drug-likeness (QED) is 0.838. The highest BCUT2D eigenvalue weighted by molar-refractivity contribution is 7.91. The molecule has 0 spiro atoms. The zero-order valence-electron chi connectivity index (χ0n) is 15.3. The summed E-state index contributed by atoms with van der Waals surface area (Å²) in [7, 11) is -2.93. The van der Waals surface area contributed by atoms with Crippen LogP contribution >= 0.6 is 0 Å². The van der Waals surface area contributed by atoms with Crippen LogP contribution in [0.2, 0.25) is 0 Å². The summed E-state index contributed by atoms with van der Waals surface area (Å²) in [4.78, 5) is 6.81. The Morgan fingerprint density at radius 2 is 1.89 bits per heavy atom. The lowest BCUT2D eigenvalue weighted by atomic mass is 9.90.